The van der Waals surface area contributed by atoms with E-state index < -0.39 is 0 Å². The van der Waals surface area contributed by atoms with Crippen molar-refractivity contribution in [1.29, 1.82) is 5.26 Å². The Morgan fingerprint density at radius 3 is 2.04 bits per heavy atom. The maximum atomic E-state index is 12.6. The quantitative estimate of drug-likeness (QED) is 0.444. The van der Waals surface area contributed by atoms with Gasteiger partial charge in [0.25, 0.3) is 5.91 Å². The minimum Gasteiger partial charge on any atom is -0.384 e. The minimum atomic E-state index is -0.255. The van der Waals surface area contributed by atoms with Gasteiger partial charge in [-0.1, -0.05) is 12.2 Å². The van der Waals surface area contributed by atoms with Crippen molar-refractivity contribution < 1.29 is 4.79 Å². The molecule has 0 atom stereocenters. The second-order valence-electron chi connectivity index (χ2n) is 7.80. The second kappa shape index (κ2) is 6.84. The molecule has 4 rings (SSSR count). The number of rotatable bonds is 7. The molecule has 0 aliphatic heterocycles. The molecule has 0 aromatic heterocycles. The van der Waals surface area contributed by atoms with Gasteiger partial charge in [-0.3, -0.25) is 4.79 Å². The Morgan fingerprint density at radius 1 is 1.12 bits per heavy atom. The van der Waals surface area contributed by atoms with Crippen LogP contribution < -0.4 is 5.32 Å². The molecule has 4 fully saturated rings. The van der Waals surface area contributed by atoms with Gasteiger partial charge in [-0.2, -0.15) is 5.26 Å². The van der Waals surface area contributed by atoms with E-state index in [4.69, 9.17) is 0 Å². The van der Waals surface area contributed by atoms with Crippen molar-refractivity contribution in [2.45, 2.75) is 44.1 Å². The number of nitriles is 1. The third-order valence-electron chi connectivity index (χ3n) is 5.90. The van der Waals surface area contributed by atoms with Crippen LogP contribution in [0.4, 0.5) is 0 Å². The van der Waals surface area contributed by atoms with Gasteiger partial charge in [0, 0.05) is 24.8 Å². The molecule has 4 nitrogen and oxygen atoms in total. The molecular weight excluding hydrogens is 298 g/mol. The summed E-state index contributed by atoms with van der Waals surface area (Å²) in [6, 6.07) is 2.07. The van der Waals surface area contributed by atoms with Crippen molar-refractivity contribution in [3.05, 3.63) is 37.1 Å². The molecular formula is C20H27N3O. The number of carbonyl (C=O) groups excluding carboxylic acids is 1. The van der Waals surface area contributed by atoms with Crippen LogP contribution in [0.25, 0.3) is 0 Å². The molecule has 0 saturated heterocycles. The first-order chi connectivity index (χ1) is 11.6. The van der Waals surface area contributed by atoms with Gasteiger partial charge >= 0.3 is 0 Å². The highest BCUT2D eigenvalue weighted by Gasteiger charge is 2.50. The number of nitrogens with zero attached hydrogens (tertiary/aromatic N) is 2. The van der Waals surface area contributed by atoms with Gasteiger partial charge in [0.05, 0.1) is 0 Å². The first-order valence-electron chi connectivity index (χ1n) is 8.98. The number of nitrogens with one attached hydrogen (secondary N) is 1. The van der Waals surface area contributed by atoms with E-state index in [1.54, 1.807) is 23.3 Å². The van der Waals surface area contributed by atoms with Gasteiger partial charge in [0.15, 0.2) is 0 Å². The molecule has 4 heteroatoms. The van der Waals surface area contributed by atoms with E-state index in [9.17, 15) is 10.1 Å². The van der Waals surface area contributed by atoms with Crippen LogP contribution in [0.15, 0.2) is 37.1 Å². The molecule has 4 aliphatic carbocycles. The molecule has 4 aliphatic rings. The fourth-order valence-corrected chi connectivity index (χ4v) is 5.38. The van der Waals surface area contributed by atoms with Gasteiger partial charge in [-0.05, 0) is 56.3 Å². The lowest BCUT2D eigenvalue weighted by atomic mass is 9.53. The topological polar surface area (TPSA) is 56.1 Å². The molecule has 0 aromatic carbocycles. The Morgan fingerprint density at radius 2 is 1.62 bits per heavy atom. The molecule has 0 radical (unpaired) electrons. The standard InChI is InChI=1S/C20H27N3O/c1-3-5-23(6-4-2)19(24)18(13-21)14-22-20-10-15-7-16(11-20)9-17(8-15)12-20/h3-4,14-17,22H,1-2,5-12H2/b18-14-. The molecule has 0 aromatic rings. The number of amides is 1. The summed E-state index contributed by atoms with van der Waals surface area (Å²) in [5.74, 6) is 2.23. The lowest BCUT2D eigenvalue weighted by molar-refractivity contribution is -0.125. The van der Waals surface area contributed by atoms with E-state index in [-0.39, 0.29) is 17.0 Å². The maximum absolute atomic E-state index is 12.6. The normalized spacial score (nSPS) is 33.6. The van der Waals surface area contributed by atoms with Crippen LogP contribution in [0.5, 0.6) is 0 Å². The molecule has 128 valence electrons. The predicted octanol–water partition coefficient (Wildman–Crippen LogP) is 3.15. The summed E-state index contributed by atoms with van der Waals surface area (Å²) in [6.07, 6.45) is 12.7. The fraction of sp³-hybridized carbons (Fsp3) is 0.600. The maximum Gasteiger partial charge on any atom is 0.266 e. The number of hydrogen-bond acceptors (Lipinski definition) is 3. The van der Waals surface area contributed by atoms with Crippen molar-refractivity contribution >= 4 is 5.91 Å². The van der Waals surface area contributed by atoms with Gasteiger partial charge in [-0.15, -0.1) is 13.2 Å². The van der Waals surface area contributed by atoms with Gasteiger partial charge in [0.2, 0.25) is 0 Å². The summed E-state index contributed by atoms with van der Waals surface area (Å²) >= 11 is 0. The van der Waals surface area contributed by atoms with E-state index in [1.165, 1.54) is 38.5 Å². The summed E-state index contributed by atoms with van der Waals surface area (Å²) < 4.78 is 0. The Kier molecular flexibility index (Phi) is 4.80. The average Bonchev–Trinajstić information content (AvgIpc) is 2.53. The third kappa shape index (κ3) is 3.26. The summed E-state index contributed by atoms with van der Waals surface area (Å²) in [6.45, 7) is 8.19. The Bertz CT molecular complexity index is 553. The second-order valence-corrected chi connectivity index (χ2v) is 7.80. The molecule has 0 unspecified atom stereocenters. The van der Waals surface area contributed by atoms with Crippen LogP contribution in [-0.4, -0.2) is 29.4 Å². The Balaban J connectivity index is 1.72. The van der Waals surface area contributed by atoms with Crippen molar-refractivity contribution in [2.75, 3.05) is 13.1 Å². The molecule has 1 amide bonds. The summed E-state index contributed by atoms with van der Waals surface area (Å²) in [7, 11) is 0. The molecule has 0 heterocycles. The smallest absolute Gasteiger partial charge is 0.266 e. The van der Waals surface area contributed by atoms with Gasteiger partial charge in [-0.25, -0.2) is 0 Å². The van der Waals surface area contributed by atoms with E-state index in [0.29, 0.717) is 13.1 Å². The average molecular weight is 325 g/mol. The highest BCUT2D eigenvalue weighted by molar-refractivity contribution is 5.97. The van der Waals surface area contributed by atoms with Crippen LogP contribution >= 0.6 is 0 Å². The van der Waals surface area contributed by atoms with Crippen molar-refractivity contribution in [2.24, 2.45) is 17.8 Å². The van der Waals surface area contributed by atoms with Crippen LogP contribution in [0.1, 0.15) is 38.5 Å². The zero-order valence-electron chi connectivity index (χ0n) is 14.3. The van der Waals surface area contributed by atoms with Crippen molar-refractivity contribution in [3.8, 4) is 6.07 Å². The van der Waals surface area contributed by atoms with E-state index in [0.717, 1.165) is 17.8 Å². The molecule has 4 bridgehead atoms. The van der Waals surface area contributed by atoms with E-state index >= 15 is 0 Å². The van der Waals surface area contributed by atoms with Crippen LogP contribution in [0.2, 0.25) is 0 Å². The molecule has 24 heavy (non-hydrogen) atoms. The first-order valence-corrected chi connectivity index (χ1v) is 8.98. The van der Waals surface area contributed by atoms with E-state index in [1.807, 2.05) is 0 Å². The SMILES string of the molecule is C=CCN(CC=C)C(=O)/C(C#N)=C\NC12CC3CC(CC(C3)C1)C2. The van der Waals surface area contributed by atoms with Crippen LogP contribution in [0, 0.1) is 29.1 Å². The summed E-state index contributed by atoms with van der Waals surface area (Å²) in [5, 5.41) is 13.0. The lowest BCUT2D eigenvalue weighted by Gasteiger charge is -2.57. The lowest BCUT2D eigenvalue weighted by Crippen LogP contribution is -2.57. The predicted molar refractivity (Wildman–Crippen MR) is 94.7 cm³/mol. The molecule has 1 N–H and O–H groups in total. The third-order valence-corrected chi connectivity index (χ3v) is 5.90. The van der Waals surface area contributed by atoms with Crippen LogP contribution in [-0.2, 0) is 4.79 Å². The summed E-state index contributed by atoms with van der Waals surface area (Å²) in [5.41, 5.74) is 0.285. The largest absolute Gasteiger partial charge is 0.384 e. The van der Waals surface area contributed by atoms with Gasteiger partial charge in [0.1, 0.15) is 11.6 Å². The van der Waals surface area contributed by atoms with Gasteiger partial charge < -0.3 is 10.2 Å². The monoisotopic (exact) mass is 325 g/mol. The molecule has 0 spiro atoms. The van der Waals surface area contributed by atoms with Crippen molar-refractivity contribution in [1.82, 2.24) is 10.2 Å². The number of carbonyl (C=O) groups is 1. The number of hydrogen-bond donors (Lipinski definition) is 1. The molecule has 4 saturated carbocycles. The van der Waals surface area contributed by atoms with Crippen LogP contribution in [0.3, 0.4) is 0 Å². The first kappa shape index (κ1) is 16.8. The Labute approximate surface area is 144 Å². The fourth-order valence-electron chi connectivity index (χ4n) is 5.38. The summed E-state index contributed by atoms with van der Waals surface area (Å²) in [4.78, 5) is 14.2. The van der Waals surface area contributed by atoms with Crippen molar-refractivity contribution in [3.63, 3.8) is 0 Å². The highest BCUT2D eigenvalue weighted by atomic mass is 16.2. The minimum absolute atomic E-state index is 0.110. The Hall–Kier alpha value is -2.02. The highest BCUT2D eigenvalue weighted by Crippen LogP contribution is 2.55. The van der Waals surface area contributed by atoms with E-state index in [2.05, 4.69) is 24.5 Å². The zero-order chi connectivity index (χ0) is 17.2. The zero-order valence-corrected chi connectivity index (χ0v) is 14.3.